The van der Waals surface area contributed by atoms with E-state index >= 15 is 0 Å². The van der Waals surface area contributed by atoms with Crippen LogP contribution in [0.25, 0.3) is 23.5 Å². The summed E-state index contributed by atoms with van der Waals surface area (Å²) in [5.74, 6) is -1.05. The first-order valence-electron chi connectivity index (χ1n) is 10.5. The van der Waals surface area contributed by atoms with Crippen LogP contribution in [0.4, 0.5) is 0 Å². The molecule has 0 amide bonds. The van der Waals surface area contributed by atoms with Gasteiger partial charge in [-0.25, -0.2) is 19.0 Å². The normalized spacial score (nSPS) is 10.7. The van der Waals surface area contributed by atoms with Gasteiger partial charge in [0, 0.05) is 11.4 Å². The maximum Gasteiger partial charge on any atom is 0.335 e. The topological polar surface area (TPSA) is 142 Å². The van der Waals surface area contributed by atoms with Gasteiger partial charge in [-0.1, -0.05) is 12.1 Å². The van der Waals surface area contributed by atoms with Crippen molar-refractivity contribution in [2.24, 2.45) is 0 Å². The van der Waals surface area contributed by atoms with Gasteiger partial charge in [0.15, 0.2) is 0 Å². The largest absolute Gasteiger partial charge is 0.478 e. The number of aromatic carboxylic acids is 1. The van der Waals surface area contributed by atoms with Gasteiger partial charge in [0.05, 0.1) is 28.1 Å². The van der Waals surface area contributed by atoms with E-state index in [2.05, 4.69) is 20.8 Å². The average molecular weight is 474 g/mol. The van der Waals surface area contributed by atoms with E-state index in [1.54, 1.807) is 50.2 Å². The molecule has 4 N–H and O–H groups in total. The second-order valence-corrected chi connectivity index (χ2v) is 7.83. The highest BCUT2D eigenvalue weighted by molar-refractivity contribution is 5.87. The Kier molecular flexibility index (Phi) is 6.52. The second-order valence-electron chi connectivity index (χ2n) is 7.83. The zero-order valence-electron chi connectivity index (χ0n) is 18.9. The lowest BCUT2D eigenvalue weighted by atomic mass is 10.2. The van der Waals surface area contributed by atoms with Crippen LogP contribution >= 0.6 is 0 Å². The van der Waals surface area contributed by atoms with Crippen molar-refractivity contribution in [2.45, 2.75) is 20.5 Å². The van der Waals surface area contributed by atoms with E-state index < -0.39 is 5.97 Å². The Morgan fingerprint density at radius 3 is 1.77 bits per heavy atom. The Morgan fingerprint density at radius 1 is 0.886 bits per heavy atom. The molecule has 2 aromatic carbocycles. The maximum atomic E-state index is 12.9. The Hall–Kier alpha value is -4.63. The molecule has 0 aliphatic carbocycles. The molecule has 0 aliphatic heterocycles. The monoisotopic (exact) mass is 474 g/mol. The van der Waals surface area contributed by atoms with E-state index in [-0.39, 0.29) is 23.3 Å². The quantitative estimate of drug-likeness (QED) is 0.184. The number of nitrogens with zero attached hydrogens (tertiary/aromatic N) is 2. The zero-order chi connectivity index (χ0) is 25.1. The SMILES string of the molecule is Cc1[nH]n(-c2ccc(COO)cc2)c(=O)c1C=C=Cc1c(C)[nH]n(-c2ccc(C(=O)O)cc2)c1=O. The van der Waals surface area contributed by atoms with Crippen LogP contribution in [0.5, 0.6) is 0 Å². The number of carboxylic acids is 1. The molecular weight excluding hydrogens is 452 g/mol. The summed E-state index contributed by atoms with van der Waals surface area (Å²) < 4.78 is 2.70. The van der Waals surface area contributed by atoms with Gasteiger partial charge in [-0.3, -0.25) is 25.0 Å². The van der Waals surface area contributed by atoms with Crippen LogP contribution in [0.2, 0.25) is 0 Å². The molecule has 0 saturated carbocycles. The summed E-state index contributed by atoms with van der Waals surface area (Å²) in [6.45, 7) is 3.54. The van der Waals surface area contributed by atoms with Crippen molar-refractivity contribution in [3.63, 3.8) is 0 Å². The summed E-state index contributed by atoms with van der Waals surface area (Å²) in [6.07, 6.45) is 3.01. The summed E-state index contributed by atoms with van der Waals surface area (Å²) >= 11 is 0. The van der Waals surface area contributed by atoms with Gasteiger partial charge in [0.1, 0.15) is 6.61 Å². The molecular formula is C25H22N4O6. The number of hydrogen-bond acceptors (Lipinski definition) is 5. The molecule has 2 heterocycles. The highest BCUT2D eigenvalue weighted by atomic mass is 17.1. The van der Waals surface area contributed by atoms with Crippen LogP contribution in [-0.4, -0.2) is 35.9 Å². The van der Waals surface area contributed by atoms with Gasteiger partial charge >= 0.3 is 5.97 Å². The van der Waals surface area contributed by atoms with E-state index in [9.17, 15) is 14.4 Å². The van der Waals surface area contributed by atoms with Gasteiger partial charge in [-0.15, -0.1) is 5.73 Å². The van der Waals surface area contributed by atoms with Crippen molar-refractivity contribution in [3.8, 4) is 11.4 Å². The molecule has 4 aromatic rings. The number of benzene rings is 2. The molecule has 0 unspecified atom stereocenters. The Labute approximate surface area is 198 Å². The number of aromatic amines is 2. The molecule has 0 spiro atoms. The van der Waals surface area contributed by atoms with Gasteiger partial charge in [0.25, 0.3) is 11.1 Å². The fourth-order valence-electron chi connectivity index (χ4n) is 3.60. The van der Waals surface area contributed by atoms with Gasteiger partial charge in [-0.2, -0.15) is 0 Å². The molecule has 0 atom stereocenters. The molecule has 10 nitrogen and oxygen atoms in total. The molecule has 35 heavy (non-hydrogen) atoms. The first-order valence-corrected chi connectivity index (χ1v) is 10.5. The standard InChI is InChI=1S/C25H22N4O6/c1-15-21(23(30)28(26-15)19-10-6-17(7-11-19)14-35-34)4-3-5-22-16(2)27-29(24(22)31)20-12-8-18(9-13-20)25(32)33/h4-13,26-27,34H,14H2,1-2H3,(H,32,33). The first-order chi connectivity index (χ1) is 16.8. The molecule has 0 fully saturated rings. The maximum absolute atomic E-state index is 12.9. The van der Waals surface area contributed by atoms with Crippen molar-refractivity contribution < 1.29 is 20.0 Å². The van der Waals surface area contributed by atoms with E-state index in [0.29, 0.717) is 33.9 Å². The molecule has 0 saturated heterocycles. The number of aryl methyl sites for hydroxylation is 2. The number of aromatic nitrogens is 4. The minimum Gasteiger partial charge on any atom is -0.478 e. The summed E-state index contributed by atoms with van der Waals surface area (Å²) in [7, 11) is 0. The molecule has 0 bridgehead atoms. The third-order valence-electron chi connectivity index (χ3n) is 5.49. The fourth-order valence-corrected chi connectivity index (χ4v) is 3.60. The molecule has 10 heteroatoms. The average Bonchev–Trinajstić information content (AvgIpc) is 3.29. The van der Waals surface area contributed by atoms with Crippen molar-refractivity contribution in [1.82, 2.24) is 19.6 Å². The number of rotatable bonds is 7. The number of carboxylic acid groups (broad SMARTS) is 1. The lowest BCUT2D eigenvalue weighted by molar-refractivity contribution is -0.253. The smallest absolute Gasteiger partial charge is 0.335 e. The predicted octanol–water partition coefficient (Wildman–Crippen LogP) is 3.27. The van der Waals surface area contributed by atoms with Crippen LogP contribution in [0.3, 0.4) is 0 Å². The predicted molar refractivity (Wildman–Crippen MR) is 129 cm³/mol. The molecule has 178 valence electrons. The van der Waals surface area contributed by atoms with Gasteiger partial charge in [-0.05, 0) is 68.0 Å². The van der Waals surface area contributed by atoms with Gasteiger partial charge < -0.3 is 5.11 Å². The van der Waals surface area contributed by atoms with Crippen molar-refractivity contribution >= 4 is 18.1 Å². The van der Waals surface area contributed by atoms with E-state index in [1.807, 2.05) is 0 Å². The van der Waals surface area contributed by atoms with Crippen LogP contribution in [0.15, 0.2) is 63.9 Å². The third-order valence-corrected chi connectivity index (χ3v) is 5.49. The van der Waals surface area contributed by atoms with Gasteiger partial charge in [0.2, 0.25) is 0 Å². The molecule has 2 aromatic heterocycles. The van der Waals surface area contributed by atoms with Crippen LogP contribution in [0, 0.1) is 13.8 Å². The molecule has 0 radical (unpaired) electrons. The van der Waals surface area contributed by atoms with Crippen molar-refractivity contribution in [1.29, 1.82) is 0 Å². The number of H-pyrrole nitrogens is 2. The fraction of sp³-hybridized carbons (Fsp3) is 0.120. The van der Waals surface area contributed by atoms with Crippen molar-refractivity contribution in [2.75, 3.05) is 0 Å². The van der Waals surface area contributed by atoms with E-state index in [4.69, 9.17) is 10.4 Å². The molecule has 0 aliphatic rings. The van der Waals surface area contributed by atoms with E-state index in [0.717, 1.165) is 5.56 Å². The molecule has 4 rings (SSSR count). The highest BCUT2D eigenvalue weighted by Crippen LogP contribution is 2.12. The number of hydrogen-bond donors (Lipinski definition) is 4. The summed E-state index contributed by atoms with van der Waals surface area (Å²) in [6, 6.07) is 12.8. The Bertz CT molecular complexity index is 1560. The van der Waals surface area contributed by atoms with Crippen LogP contribution in [-0.2, 0) is 11.5 Å². The van der Waals surface area contributed by atoms with Crippen LogP contribution in [0.1, 0.15) is 38.4 Å². The minimum absolute atomic E-state index is 0.0473. The van der Waals surface area contributed by atoms with E-state index in [1.165, 1.54) is 33.6 Å². The lowest BCUT2D eigenvalue weighted by Gasteiger charge is -2.03. The summed E-state index contributed by atoms with van der Waals surface area (Å²) in [5, 5.41) is 23.6. The lowest BCUT2D eigenvalue weighted by Crippen LogP contribution is -2.16. The second kappa shape index (κ2) is 9.70. The third kappa shape index (κ3) is 4.71. The Balaban J connectivity index is 1.63. The highest BCUT2D eigenvalue weighted by Gasteiger charge is 2.12. The number of nitrogens with one attached hydrogen (secondary N) is 2. The minimum atomic E-state index is -1.05. The summed E-state index contributed by atoms with van der Waals surface area (Å²) in [4.78, 5) is 41.0. The van der Waals surface area contributed by atoms with Crippen molar-refractivity contribution in [3.05, 3.63) is 109 Å². The number of carbonyl (C=O) groups is 1. The zero-order valence-corrected chi connectivity index (χ0v) is 18.9. The van der Waals surface area contributed by atoms with Crippen LogP contribution < -0.4 is 11.1 Å². The Morgan fingerprint density at radius 2 is 1.34 bits per heavy atom. The first kappa shape index (κ1) is 23.5. The summed E-state index contributed by atoms with van der Waals surface area (Å²) in [5.41, 5.74) is 6.25.